The predicted molar refractivity (Wildman–Crippen MR) is 124 cm³/mol. The predicted octanol–water partition coefficient (Wildman–Crippen LogP) is 5.49. The maximum atomic E-state index is 6.25. The lowest BCUT2D eigenvalue weighted by molar-refractivity contribution is -0.111. The molecule has 0 bridgehead atoms. The Labute approximate surface area is 177 Å². The van der Waals surface area contributed by atoms with E-state index in [1.54, 1.807) is 7.11 Å². The molecule has 0 saturated heterocycles. The van der Waals surface area contributed by atoms with Gasteiger partial charge in [-0.3, -0.25) is 0 Å². The molecule has 4 heteroatoms. The van der Waals surface area contributed by atoms with Crippen LogP contribution >= 0.6 is 0 Å². The molecular weight excluding hydrogens is 376 g/mol. The molecule has 0 aliphatic carbocycles. The van der Waals surface area contributed by atoms with Crippen molar-refractivity contribution in [1.29, 1.82) is 0 Å². The largest absolute Gasteiger partial charge is 0.382 e. The van der Waals surface area contributed by atoms with Crippen LogP contribution < -0.4 is 5.19 Å². The van der Waals surface area contributed by atoms with Gasteiger partial charge in [-0.2, -0.15) is 0 Å². The van der Waals surface area contributed by atoms with E-state index < -0.39 is 8.07 Å². The summed E-state index contributed by atoms with van der Waals surface area (Å²) in [6, 6.07) is 21.3. The van der Waals surface area contributed by atoms with E-state index in [2.05, 4.69) is 86.4 Å². The molecule has 0 aliphatic heterocycles. The van der Waals surface area contributed by atoms with Crippen LogP contribution in [0.1, 0.15) is 31.4 Å². The summed E-state index contributed by atoms with van der Waals surface area (Å²) in [7, 11) is 0.0272. The molecule has 2 aromatic rings. The molecule has 0 fully saturated rings. The van der Waals surface area contributed by atoms with E-state index in [0.717, 1.165) is 12.8 Å². The number of rotatable bonds is 13. The highest BCUT2D eigenvalue weighted by molar-refractivity contribution is 6.93. The number of benzene rings is 2. The zero-order valence-corrected chi connectivity index (χ0v) is 19.3. The third-order valence-corrected chi connectivity index (χ3v) is 8.03. The summed E-state index contributed by atoms with van der Waals surface area (Å²) in [6.07, 6.45) is 4.57. The average Bonchev–Trinajstić information content (AvgIpc) is 2.75. The van der Waals surface area contributed by atoms with E-state index in [0.29, 0.717) is 19.1 Å². The minimum Gasteiger partial charge on any atom is -0.382 e. The highest BCUT2D eigenvalue weighted by atomic mass is 28.3. The molecule has 2 rings (SSSR count). The highest BCUT2D eigenvalue weighted by Gasteiger charge is 2.24. The summed E-state index contributed by atoms with van der Waals surface area (Å²) in [5.41, 5.74) is 3.67. The number of hydrogen-bond donors (Lipinski definition) is 0. The quantitative estimate of drug-likeness (QED) is 0.247. The first-order chi connectivity index (χ1) is 14.1. The average molecular weight is 413 g/mol. The Morgan fingerprint density at radius 2 is 1.59 bits per heavy atom. The fourth-order valence-corrected chi connectivity index (χ4v) is 5.41. The Balaban J connectivity index is 2.18. The van der Waals surface area contributed by atoms with Gasteiger partial charge >= 0.3 is 0 Å². The summed E-state index contributed by atoms with van der Waals surface area (Å²) in [6.45, 7) is 8.42. The molecule has 0 N–H and O–H groups in total. The normalized spacial score (nSPS) is 14.2. The van der Waals surface area contributed by atoms with Crippen molar-refractivity contribution in [3.63, 3.8) is 0 Å². The molecule has 3 nitrogen and oxygen atoms in total. The summed E-state index contributed by atoms with van der Waals surface area (Å²) in [5, 5.41) is 1.45. The number of methoxy groups -OCH3 is 1. The van der Waals surface area contributed by atoms with Gasteiger partial charge in [0.25, 0.3) is 0 Å². The van der Waals surface area contributed by atoms with Crippen LogP contribution in [0, 0.1) is 5.92 Å². The lowest BCUT2D eigenvalue weighted by Gasteiger charge is -2.27. The van der Waals surface area contributed by atoms with Crippen LogP contribution in [0.5, 0.6) is 0 Å². The van der Waals surface area contributed by atoms with Gasteiger partial charge in [0.2, 0.25) is 0 Å². The van der Waals surface area contributed by atoms with Crippen molar-refractivity contribution in [3.05, 3.63) is 78.0 Å². The van der Waals surface area contributed by atoms with E-state index in [1.165, 1.54) is 10.8 Å². The number of hydrogen-bond acceptors (Lipinski definition) is 3. The summed E-state index contributed by atoms with van der Waals surface area (Å²) in [4.78, 5) is 0. The monoisotopic (exact) mass is 412 g/mol. The molecule has 0 aliphatic rings. The Kier molecular flexibility index (Phi) is 10.4. The Bertz CT molecular complexity index is 701. The van der Waals surface area contributed by atoms with E-state index in [4.69, 9.17) is 14.2 Å². The highest BCUT2D eigenvalue weighted by Crippen LogP contribution is 2.31. The third kappa shape index (κ3) is 7.90. The second kappa shape index (κ2) is 12.8. The Morgan fingerprint density at radius 1 is 0.931 bits per heavy atom. The fourth-order valence-electron chi connectivity index (χ4n) is 3.44. The van der Waals surface area contributed by atoms with Crippen molar-refractivity contribution in [1.82, 2.24) is 0 Å². The van der Waals surface area contributed by atoms with Crippen LogP contribution in [0.4, 0.5) is 0 Å². The molecule has 0 heterocycles. The van der Waals surface area contributed by atoms with E-state index in [1.807, 2.05) is 6.07 Å². The zero-order chi connectivity index (χ0) is 21.0. The van der Waals surface area contributed by atoms with E-state index in [9.17, 15) is 0 Å². The number of ether oxygens (including phenoxy) is 3. The van der Waals surface area contributed by atoms with Crippen molar-refractivity contribution in [2.75, 3.05) is 27.1 Å². The molecule has 0 amide bonds. The van der Waals surface area contributed by atoms with Gasteiger partial charge in [-0.05, 0) is 12.0 Å². The van der Waals surface area contributed by atoms with Crippen molar-refractivity contribution in [2.24, 2.45) is 5.92 Å². The second-order valence-electron chi connectivity index (χ2n) is 7.92. The van der Waals surface area contributed by atoms with Crippen LogP contribution in [0.3, 0.4) is 0 Å². The van der Waals surface area contributed by atoms with Gasteiger partial charge in [-0.15, -0.1) is 0 Å². The molecule has 2 atom stereocenters. The minimum absolute atomic E-state index is 0.0180. The third-order valence-electron chi connectivity index (χ3n) is 5.18. The molecule has 0 unspecified atom stereocenters. The van der Waals surface area contributed by atoms with Crippen LogP contribution in [0.25, 0.3) is 0 Å². The molecule has 0 spiro atoms. The standard InChI is InChI=1S/C25H36O3Si/c1-5-12-22(17-20-29(3,4)24-15-10-7-11-16-24)25(23-13-8-6-9-14-23)28-21-27-19-18-26-2/h6-11,13-17,20,22,25H,5,12,18-19,21H2,1-4H3/b20-17-/t22-,25-/m0/s1. The first-order valence-corrected chi connectivity index (χ1v) is 13.6. The van der Waals surface area contributed by atoms with Crippen molar-refractivity contribution in [2.45, 2.75) is 39.0 Å². The van der Waals surface area contributed by atoms with Gasteiger partial charge in [0.05, 0.1) is 19.3 Å². The Morgan fingerprint density at radius 3 is 2.21 bits per heavy atom. The molecule has 0 radical (unpaired) electrons. The van der Waals surface area contributed by atoms with Crippen LogP contribution in [-0.4, -0.2) is 35.2 Å². The summed E-state index contributed by atoms with van der Waals surface area (Å²) < 4.78 is 16.9. The maximum Gasteiger partial charge on any atom is 0.147 e. The van der Waals surface area contributed by atoms with Crippen molar-refractivity contribution < 1.29 is 14.2 Å². The molecule has 2 aromatic carbocycles. The van der Waals surface area contributed by atoms with Gasteiger partial charge in [-0.25, -0.2) is 0 Å². The maximum absolute atomic E-state index is 6.25. The second-order valence-corrected chi connectivity index (χ2v) is 12.3. The lowest BCUT2D eigenvalue weighted by Crippen LogP contribution is -2.39. The fraction of sp³-hybridized carbons (Fsp3) is 0.440. The Hall–Kier alpha value is -1.72. The van der Waals surface area contributed by atoms with Crippen LogP contribution in [-0.2, 0) is 14.2 Å². The summed E-state index contributed by atoms with van der Waals surface area (Å²) >= 11 is 0. The SMILES string of the molecule is CCC[C@@H](/C=C\[Si](C)(C)c1ccccc1)[C@H](OCOCCOC)c1ccccc1. The van der Waals surface area contributed by atoms with Crippen LogP contribution in [0.15, 0.2) is 72.4 Å². The first-order valence-electron chi connectivity index (χ1n) is 10.6. The van der Waals surface area contributed by atoms with Crippen molar-refractivity contribution in [3.8, 4) is 0 Å². The van der Waals surface area contributed by atoms with Gasteiger partial charge in [0.1, 0.15) is 14.9 Å². The smallest absolute Gasteiger partial charge is 0.147 e. The van der Waals surface area contributed by atoms with Crippen LogP contribution in [0.2, 0.25) is 13.1 Å². The zero-order valence-electron chi connectivity index (χ0n) is 18.3. The van der Waals surface area contributed by atoms with Gasteiger partial charge in [-0.1, -0.05) is 104 Å². The molecule has 0 aromatic heterocycles. The van der Waals surface area contributed by atoms with E-state index in [-0.39, 0.29) is 12.9 Å². The first kappa shape index (κ1) is 23.6. The topological polar surface area (TPSA) is 27.7 Å². The summed E-state index contributed by atoms with van der Waals surface area (Å²) in [5.74, 6) is 0.309. The minimum atomic E-state index is -1.65. The van der Waals surface area contributed by atoms with Gasteiger partial charge < -0.3 is 14.2 Å². The molecule has 29 heavy (non-hydrogen) atoms. The molecular formula is C25H36O3Si. The lowest BCUT2D eigenvalue weighted by atomic mass is 9.92. The van der Waals surface area contributed by atoms with Gasteiger partial charge in [0, 0.05) is 13.0 Å². The van der Waals surface area contributed by atoms with Crippen molar-refractivity contribution >= 4 is 13.3 Å². The van der Waals surface area contributed by atoms with E-state index >= 15 is 0 Å². The van der Waals surface area contributed by atoms with Gasteiger partial charge in [0.15, 0.2) is 0 Å². The molecule has 158 valence electrons. The molecule has 0 saturated carbocycles.